The summed E-state index contributed by atoms with van der Waals surface area (Å²) < 4.78 is 25.9. The Bertz CT molecular complexity index is 523. The minimum absolute atomic E-state index is 0.0694. The van der Waals surface area contributed by atoms with E-state index in [1.807, 2.05) is 0 Å². The number of nitrogens with two attached hydrogens (primary N) is 2. The molecule has 0 radical (unpaired) electrons. The molecule has 0 saturated carbocycles. The van der Waals surface area contributed by atoms with Gasteiger partial charge >= 0.3 is 0 Å². The highest BCUT2D eigenvalue weighted by atomic mass is 32.2. The number of carbonyl (C=O) groups excluding carboxylic acids is 1. The summed E-state index contributed by atoms with van der Waals surface area (Å²) in [5, 5.41) is 0. The SMILES string of the molecule is CC(NS(=O)(=O)c1ccc(C(C)N)cc1)C(N)=O. The standard InChI is InChI=1S/C11H17N3O3S/c1-7(12)9-3-5-10(6-4-9)18(16,17)14-8(2)11(13)15/h3-8,14H,12H2,1-2H3,(H2,13,15). The van der Waals surface area contributed by atoms with Crippen LogP contribution in [0.25, 0.3) is 0 Å². The van der Waals surface area contributed by atoms with Gasteiger partial charge in [0.2, 0.25) is 15.9 Å². The van der Waals surface area contributed by atoms with Crippen LogP contribution in [0.1, 0.15) is 25.5 Å². The van der Waals surface area contributed by atoms with Gasteiger partial charge in [-0.15, -0.1) is 0 Å². The number of benzene rings is 1. The van der Waals surface area contributed by atoms with E-state index < -0.39 is 22.0 Å². The van der Waals surface area contributed by atoms with Gasteiger partial charge in [-0.25, -0.2) is 8.42 Å². The third-order valence-electron chi connectivity index (χ3n) is 2.47. The molecule has 18 heavy (non-hydrogen) atoms. The van der Waals surface area contributed by atoms with E-state index in [0.29, 0.717) is 0 Å². The number of carbonyl (C=O) groups is 1. The van der Waals surface area contributed by atoms with Gasteiger partial charge in [0, 0.05) is 6.04 Å². The van der Waals surface area contributed by atoms with Crippen LogP contribution in [0, 0.1) is 0 Å². The second-order valence-corrected chi connectivity index (χ2v) is 5.82. The first-order valence-electron chi connectivity index (χ1n) is 5.41. The molecule has 2 unspecified atom stereocenters. The Kier molecular flexibility index (Phi) is 4.44. The minimum atomic E-state index is -3.74. The van der Waals surface area contributed by atoms with Crippen LogP contribution in [0.15, 0.2) is 29.2 Å². The van der Waals surface area contributed by atoms with Crippen LogP contribution in [-0.4, -0.2) is 20.4 Å². The van der Waals surface area contributed by atoms with Crippen molar-refractivity contribution in [2.24, 2.45) is 11.5 Å². The van der Waals surface area contributed by atoms with Crippen molar-refractivity contribution in [3.05, 3.63) is 29.8 Å². The molecule has 0 aromatic heterocycles. The van der Waals surface area contributed by atoms with Crippen LogP contribution < -0.4 is 16.2 Å². The van der Waals surface area contributed by atoms with Crippen molar-refractivity contribution < 1.29 is 13.2 Å². The fraction of sp³-hybridized carbons (Fsp3) is 0.364. The van der Waals surface area contributed by atoms with Gasteiger partial charge in [0.15, 0.2) is 0 Å². The summed E-state index contributed by atoms with van der Waals surface area (Å²) in [6.45, 7) is 3.19. The summed E-state index contributed by atoms with van der Waals surface area (Å²) in [6.07, 6.45) is 0. The summed E-state index contributed by atoms with van der Waals surface area (Å²) in [5.74, 6) is -0.731. The lowest BCUT2D eigenvalue weighted by Gasteiger charge is -2.12. The van der Waals surface area contributed by atoms with E-state index in [9.17, 15) is 13.2 Å². The minimum Gasteiger partial charge on any atom is -0.368 e. The molecule has 0 spiro atoms. The number of sulfonamides is 1. The molecule has 1 aromatic rings. The molecule has 0 aliphatic carbocycles. The number of rotatable bonds is 5. The first kappa shape index (κ1) is 14.6. The highest BCUT2D eigenvalue weighted by Crippen LogP contribution is 2.14. The summed E-state index contributed by atoms with van der Waals surface area (Å²) in [7, 11) is -3.74. The average molecular weight is 271 g/mol. The van der Waals surface area contributed by atoms with Crippen molar-refractivity contribution in [2.45, 2.75) is 30.8 Å². The maximum atomic E-state index is 11.9. The van der Waals surface area contributed by atoms with Crippen LogP contribution in [-0.2, 0) is 14.8 Å². The number of amides is 1. The highest BCUT2D eigenvalue weighted by molar-refractivity contribution is 7.89. The number of primary amides is 1. The Morgan fingerprint density at radius 3 is 2.11 bits per heavy atom. The van der Waals surface area contributed by atoms with E-state index in [4.69, 9.17) is 11.5 Å². The fourth-order valence-electron chi connectivity index (χ4n) is 1.31. The van der Waals surface area contributed by atoms with E-state index in [0.717, 1.165) is 5.56 Å². The summed E-state index contributed by atoms with van der Waals surface area (Å²) in [4.78, 5) is 10.9. The monoisotopic (exact) mass is 271 g/mol. The maximum absolute atomic E-state index is 11.9. The second-order valence-electron chi connectivity index (χ2n) is 4.10. The number of nitrogens with one attached hydrogen (secondary N) is 1. The van der Waals surface area contributed by atoms with Gasteiger partial charge in [-0.2, -0.15) is 4.72 Å². The van der Waals surface area contributed by atoms with Crippen molar-refractivity contribution in [1.82, 2.24) is 4.72 Å². The molecular weight excluding hydrogens is 254 g/mol. The predicted octanol–water partition coefficient (Wildman–Crippen LogP) is -0.142. The lowest BCUT2D eigenvalue weighted by Crippen LogP contribution is -2.42. The topological polar surface area (TPSA) is 115 Å². The zero-order chi connectivity index (χ0) is 13.9. The van der Waals surface area contributed by atoms with Crippen LogP contribution in [0.5, 0.6) is 0 Å². The molecule has 100 valence electrons. The highest BCUT2D eigenvalue weighted by Gasteiger charge is 2.20. The van der Waals surface area contributed by atoms with Gasteiger partial charge < -0.3 is 11.5 Å². The molecule has 0 bridgehead atoms. The van der Waals surface area contributed by atoms with Crippen LogP contribution in [0.4, 0.5) is 0 Å². The molecule has 6 nitrogen and oxygen atoms in total. The van der Waals surface area contributed by atoms with Crippen molar-refractivity contribution >= 4 is 15.9 Å². The Labute approximate surface area is 106 Å². The summed E-state index contributed by atoms with van der Waals surface area (Å²) in [5.41, 5.74) is 11.5. The van der Waals surface area contributed by atoms with Crippen molar-refractivity contribution in [3.63, 3.8) is 0 Å². The maximum Gasteiger partial charge on any atom is 0.241 e. The number of hydrogen-bond donors (Lipinski definition) is 3. The molecule has 1 aromatic carbocycles. The van der Waals surface area contributed by atoms with Crippen LogP contribution in [0.2, 0.25) is 0 Å². The van der Waals surface area contributed by atoms with Crippen molar-refractivity contribution in [2.75, 3.05) is 0 Å². The van der Waals surface area contributed by atoms with Gasteiger partial charge in [-0.1, -0.05) is 12.1 Å². The quantitative estimate of drug-likeness (QED) is 0.691. The third-order valence-corrected chi connectivity index (χ3v) is 4.03. The van der Waals surface area contributed by atoms with Crippen molar-refractivity contribution in [1.29, 1.82) is 0 Å². The smallest absolute Gasteiger partial charge is 0.241 e. The van der Waals surface area contributed by atoms with Crippen molar-refractivity contribution in [3.8, 4) is 0 Å². The van der Waals surface area contributed by atoms with E-state index in [2.05, 4.69) is 4.72 Å². The Balaban J connectivity index is 2.95. The Morgan fingerprint density at radius 2 is 1.72 bits per heavy atom. The average Bonchev–Trinajstić information content (AvgIpc) is 2.28. The molecule has 1 amide bonds. The zero-order valence-corrected chi connectivity index (χ0v) is 11.1. The zero-order valence-electron chi connectivity index (χ0n) is 10.3. The molecule has 0 fully saturated rings. The molecule has 2 atom stereocenters. The number of hydrogen-bond acceptors (Lipinski definition) is 4. The summed E-state index contributed by atoms with van der Waals surface area (Å²) in [6, 6.07) is 5.02. The van der Waals surface area contributed by atoms with Gasteiger partial charge in [-0.3, -0.25) is 4.79 Å². The first-order chi connectivity index (χ1) is 8.24. The lowest BCUT2D eigenvalue weighted by atomic mass is 10.1. The molecular formula is C11H17N3O3S. The first-order valence-corrected chi connectivity index (χ1v) is 6.89. The Morgan fingerprint density at radius 1 is 1.22 bits per heavy atom. The largest absolute Gasteiger partial charge is 0.368 e. The normalized spacial score (nSPS) is 15.1. The van der Waals surface area contributed by atoms with Gasteiger partial charge in [0.25, 0.3) is 0 Å². The molecule has 5 N–H and O–H groups in total. The molecule has 0 aliphatic rings. The van der Waals surface area contributed by atoms with E-state index >= 15 is 0 Å². The molecule has 0 aliphatic heterocycles. The second kappa shape index (κ2) is 5.47. The molecule has 7 heteroatoms. The van der Waals surface area contributed by atoms with Gasteiger partial charge in [0.1, 0.15) is 0 Å². The summed E-state index contributed by atoms with van der Waals surface area (Å²) >= 11 is 0. The lowest BCUT2D eigenvalue weighted by molar-refractivity contribution is -0.119. The molecule has 0 saturated heterocycles. The fourth-order valence-corrected chi connectivity index (χ4v) is 2.52. The molecule has 0 heterocycles. The van der Waals surface area contributed by atoms with E-state index in [-0.39, 0.29) is 10.9 Å². The Hall–Kier alpha value is -1.44. The molecule has 1 rings (SSSR count). The predicted molar refractivity (Wildman–Crippen MR) is 68.0 cm³/mol. The van der Waals surface area contributed by atoms with Gasteiger partial charge in [-0.05, 0) is 31.5 Å². The van der Waals surface area contributed by atoms with E-state index in [1.165, 1.54) is 19.1 Å². The van der Waals surface area contributed by atoms with Crippen LogP contribution >= 0.6 is 0 Å². The van der Waals surface area contributed by atoms with Gasteiger partial charge in [0.05, 0.1) is 10.9 Å². The van der Waals surface area contributed by atoms with Crippen LogP contribution in [0.3, 0.4) is 0 Å². The van der Waals surface area contributed by atoms with E-state index in [1.54, 1.807) is 19.1 Å². The third kappa shape index (κ3) is 3.52.